The van der Waals surface area contributed by atoms with E-state index in [1.54, 1.807) is 0 Å². The van der Waals surface area contributed by atoms with Crippen molar-refractivity contribution < 1.29 is 14.3 Å². The monoisotopic (exact) mass is 368 g/mol. The van der Waals surface area contributed by atoms with E-state index in [0.29, 0.717) is 6.42 Å². The Labute approximate surface area is 151 Å². The van der Waals surface area contributed by atoms with Gasteiger partial charge in [-0.2, -0.15) is 0 Å². The highest BCUT2D eigenvalue weighted by molar-refractivity contribution is 6.74. The van der Waals surface area contributed by atoms with Gasteiger partial charge in [0, 0.05) is 11.4 Å². The summed E-state index contributed by atoms with van der Waals surface area (Å²) in [5.41, 5.74) is 1.07. The third-order valence-corrected chi connectivity index (χ3v) is 9.20. The second kappa shape index (κ2) is 8.72. The Morgan fingerprint density at radius 1 is 1.25 bits per heavy atom. The molecule has 0 aromatic heterocycles. The molecule has 134 valence electrons. The normalized spacial score (nSPS) is 12.6. The van der Waals surface area contributed by atoms with Crippen LogP contribution in [0.1, 0.15) is 45.6 Å². The number of hydrogen-bond acceptors (Lipinski definition) is 2. The van der Waals surface area contributed by atoms with Crippen LogP contribution in [0.2, 0.25) is 23.2 Å². The first-order valence-electron chi connectivity index (χ1n) is 8.37. The molecule has 0 saturated heterocycles. The molecule has 0 heterocycles. The predicted octanol–water partition coefficient (Wildman–Crippen LogP) is 6.08. The summed E-state index contributed by atoms with van der Waals surface area (Å²) in [4.78, 5) is 10.5. The number of benzene rings is 1. The molecule has 0 aliphatic carbocycles. The fraction of sp³-hybridized carbons (Fsp3) is 0.526. The van der Waals surface area contributed by atoms with Crippen LogP contribution >= 0.6 is 11.6 Å². The molecule has 0 aliphatic rings. The first kappa shape index (κ1) is 20.8. The predicted molar refractivity (Wildman–Crippen MR) is 104 cm³/mol. The van der Waals surface area contributed by atoms with Gasteiger partial charge in [-0.05, 0) is 61.2 Å². The molecule has 1 N–H and O–H groups in total. The van der Waals surface area contributed by atoms with Gasteiger partial charge in [0.25, 0.3) is 0 Å². The highest BCUT2D eigenvalue weighted by Gasteiger charge is 2.38. The van der Waals surface area contributed by atoms with Crippen LogP contribution in [0.25, 0.3) is 0 Å². The Morgan fingerprint density at radius 3 is 2.46 bits per heavy atom. The summed E-state index contributed by atoms with van der Waals surface area (Å²) in [6.45, 7) is 11.1. The summed E-state index contributed by atoms with van der Waals surface area (Å²) in [6.07, 6.45) is 6.32. The van der Waals surface area contributed by atoms with E-state index in [4.69, 9.17) is 21.1 Å². The molecular formula is C19H29ClO3Si. The van der Waals surface area contributed by atoms with Gasteiger partial charge in [0.2, 0.25) is 8.32 Å². The largest absolute Gasteiger partial charge is 0.543 e. The first-order chi connectivity index (χ1) is 11.0. The van der Waals surface area contributed by atoms with Gasteiger partial charge in [-0.1, -0.05) is 44.5 Å². The van der Waals surface area contributed by atoms with E-state index in [9.17, 15) is 4.79 Å². The van der Waals surface area contributed by atoms with Crippen molar-refractivity contribution in [2.45, 2.75) is 64.6 Å². The fourth-order valence-electron chi connectivity index (χ4n) is 1.94. The molecule has 0 amide bonds. The van der Waals surface area contributed by atoms with Gasteiger partial charge < -0.3 is 9.53 Å². The minimum Gasteiger partial charge on any atom is -0.543 e. The zero-order valence-corrected chi connectivity index (χ0v) is 17.1. The van der Waals surface area contributed by atoms with E-state index >= 15 is 0 Å². The summed E-state index contributed by atoms with van der Waals surface area (Å²) in [5.74, 6) is 0.119. The Morgan fingerprint density at radius 2 is 1.88 bits per heavy atom. The maximum atomic E-state index is 10.5. The Bertz CT molecular complexity index is 589. The van der Waals surface area contributed by atoms with E-state index < -0.39 is 14.3 Å². The van der Waals surface area contributed by atoms with Crippen molar-refractivity contribution in [3.05, 3.63) is 40.9 Å². The third-order valence-electron chi connectivity index (χ3n) is 4.47. The van der Waals surface area contributed by atoms with E-state index in [-0.39, 0.29) is 11.5 Å². The van der Waals surface area contributed by atoms with Crippen LogP contribution in [-0.2, 0) is 11.2 Å². The Hall–Kier alpha value is -1.26. The number of aryl methyl sites for hydroxylation is 1. The molecule has 1 aromatic rings. The first-order valence-corrected chi connectivity index (χ1v) is 11.7. The SMILES string of the molecule is CC(C)(C)[Si](C)(C)Oc1ccc(Cl)c(CC/C=C/CCC(=O)O)c1. The quantitative estimate of drug-likeness (QED) is 0.447. The van der Waals surface area contributed by atoms with Gasteiger partial charge >= 0.3 is 5.97 Å². The molecule has 0 atom stereocenters. The summed E-state index contributed by atoms with van der Waals surface area (Å²) in [5, 5.41) is 9.50. The second-order valence-corrected chi connectivity index (χ2v) is 12.7. The molecule has 0 fully saturated rings. The molecule has 3 nitrogen and oxygen atoms in total. The molecule has 5 heteroatoms. The number of carbonyl (C=O) groups is 1. The van der Waals surface area contributed by atoms with Crippen molar-refractivity contribution in [3.63, 3.8) is 0 Å². The van der Waals surface area contributed by atoms with Crippen molar-refractivity contribution >= 4 is 25.9 Å². The van der Waals surface area contributed by atoms with Crippen molar-refractivity contribution in [2.75, 3.05) is 0 Å². The lowest BCUT2D eigenvalue weighted by Gasteiger charge is -2.36. The molecular weight excluding hydrogens is 340 g/mol. The average Bonchev–Trinajstić information content (AvgIpc) is 2.44. The van der Waals surface area contributed by atoms with Crippen molar-refractivity contribution in [2.24, 2.45) is 0 Å². The second-order valence-electron chi connectivity index (χ2n) is 7.56. The zero-order chi connectivity index (χ0) is 18.4. The van der Waals surface area contributed by atoms with Crippen LogP contribution in [0.5, 0.6) is 5.75 Å². The Balaban J connectivity index is 2.68. The van der Waals surface area contributed by atoms with E-state index in [2.05, 4.69) is 33.9 Å². The van der Waals surface area contributed by atoms with Gasteiger partial charge in [-0.3, -0.25) is 4.79 Å². The molecule has 0 bridgehead atoms. The van der Waals surface area contributed by atoms with Crippen molar-refractivity contribution in [1.29, 1.82) is 0 Å². The topological polar surface area (TPSA) is 46.5 Å². The highest BCUT2D eigenvalue weighted by Crippen LogP contribution is 2.38. The minimum atomic E-state index is -1.86. The summed E-state index contributed by atoms with van der Waals surface area (Å²) in [7, 11) is -1.86. The van der Waals surface area contributed by atoms with Crippen molar-refractivity contribution in [3.8, 4) is 5.75 Å². The standard InChI is InChI=1S/C19H29ClO3Si/c1-19(2,3)24(4,5)23-16-12-13-17(20)15(14-16)10-8-6-7-9-11-18(21)22/h6-7,12-14H,8-11H2,1-5H3,(H,21,22)/b7-6+. The average molecular weight is 369 g/mol. The lowest BCUT2D eigenvalue weighted by atomic mass is 10.1. The zero-order valence-electron chi connectivity index (χ0n) is 15.4. The number of carboxylic acids is 1. The van der Waals surface area contributed by atoms with Crippen LogP contribution < -0.4 is 4.43 Å². The highest BCUT2D eigenvalue weighted by atomic mass is 35.5. The molecule has 0 saturated carbocycles. The van der Waals surface area contributed by atoms with Gasteiger partial charge in [0.15, 0.2) is 0 Å². The van der Waals surface area contributed by atoms with Gasteiger partial charge in [-0.25, -0.2) is 0 Å². The van der Waals surface area contributed by atoms with E-state index in [0.717, 1.165) is 29.2 Å². The molecule has 1 aromatic carbocycles. The van der Waals surface area contributed by atoms with Crippen LogP contribution in [0.3, 0.4) is 0 Å². The minimum absolute atomic E-state index is 0.152. The Kier molecular flexibility index (Phi) is 7.55. The maximum Gasteiger partial charge on any atom is 0.303 e. The molecule has 0 unspecified atom stereocenters. The lowest BCUT2D eigenvalue weighted by Crippen LogP contribution is -2.43. The number of carboxylic acid groups (broad SMARTS) is 1. The van der Waals surface area contributed by atoms with Crippen LogP contribution in [0.4, 0.5) is 0 Å². The van der Waals surface area contributed by atoms with E-state index in [1.807, 2.05) is 30.4 Å². The van der Waals surface area contributed by atoms with Gasteiger partial charge in [0.1, 0.15) is 5.75 Å². The summed E-state index contributed by atoms with van der Waals surface area (Å²) in [6, 6.07) is 5.87. The fourth-order valence-corrected chi connectivity index (χ4v) is 3.17. The molecule has 1 rings (SSSR count). The number of allylic oxidation sites excluding steroid dienone is 2. The van der Waals surface area contributed by atoms with E-state index in [1.165, 1.54) is 0 Å². The third kappa shape index (κ3) is 6.69. The number of aliphatic carboxylic acids is 1. The summed E-state index contributed by atoms with van der Waals surface area (Å²) >= 11 is 6.29. The smallest absolute Gasteiger partial charge is 0.303 e. The molecule has 0 aliphatic heterocycles. The van der Waals surface area contributed by atoms with Crippen LogP contribution in [-0.4, -0.2) is 19.4 Å². The number of rotatable bonds is 8. The summed E-state index contributed by atoms with van der Waals surface area (Å²) < 4.78 is 6.33. The number of hydrogen-bond donors (Lipinski definition) is 1. The molecule has 24 heavy (non-hydrogen) atoms. The lowest BCUT2D eigenvalue weighted by molar-refractivity contribution is -0.136. The number of halogens is 1. The molecule has 0 spiro atoms. The molecule has 0 radical (unpaired) electrons. The van der Waals surface area contributed by atoms with Gasteiger partial charge in [-0.15, -0.1) is 0 Å². The maximum absolute atomic E-state index is 10.5. The van der Waals surface area contributed by atoms with Gasteiger partial charge in [0.05, 0.1) is 0 Å². The van der Waals surface area contributed by atoms with Crippen LogP contribution in [0.15, 0.2) is 30.4 Å². The van der Waals surface area contributed by atoms with Crippen LogP contribution in [0, 0.1) is 0 Å². The van der Waals surface area contributed by atoms with Crippen molar-refractivity contribution in [1.82, 2.24) is 0 Å².